The van der Waals surface area contributed by atoms with Crippen LogP contribution >= 0.6 is 0 Å². The van der Waals surface area contributed by atoms with E-state index in [1.54, 1.807) is 6.08 Å². The van der Waals surface area contributed by atoms with Crippen LogP contribution in [-0.2, 0) is 23.8 Å². The first-order valence-electron chi connectivity index (χ1n) is 31.7. The molecular formula is C68H115NO10. The van der Waals surface area contributed by atoms with Crippen LogP contribution in [0.3, 0.4) is 0 Å². The van der Waals surface area contributed by atoms with Gasteiger partial charge in [-0.3, -0.25) is 9.59 Å². The van der Waals surface area contributed by atoms with Gasteiger partial charge in [0.25, 0.3) is 0 Å². The lowest BCUT2D eigenvalue weighted by Gasteiger charge is -2.41. The zero-order valence-corrected chi connectivity index (χ0v) is 50.0. The predicted molar refractivity (Wildman–Crippen MR) is 328 cm³/mol. The molecule has 0 aromatic carbocycles. The van der Waals surface area contributed by atoms with Crippen LogP contribution in [0, 0.1) is 0 Å². The van der Waals surface area contributed by atoms with E-state index in [4.69, 9.17) is 14.2 Å². The molecule has 1 fully saturated rings. The van der Waals surface area contributed by atoms with Gasteiger partial charge in [-0.1, -0.05) is 259 Å². The van der Waals surface area contributed by atoms with Gasteiger partial charge in [-0.15, -0.1) is 0 Å². The zero-order chi connectivity index (χ0) is 57.5. The Bertz CT molecular complexity index is 1700. The molecule has 0 aromatic heterocycles. The summed E-state index contributed by atoms with van der Waals surface area (Å²) in [6.07, 6.45) is 64.3. The lowest BCUT2D eigenvalue weighted by Crippen LogP contribution is -2.61. The average molecular weight is 1110 g/mol. The van der Waals surface area contributed by atoms with Crippen LogP contribution in [0.1, 0.15) is 245 Å². The number of rotatable bonds is 52. The third-order valence-electron chi connectivity index (χ3n) is 14.2. The number of allylic oxidation sites excluding steroid dienone is 17. The maximum absolute atomic E-state index is 13.4. The Morgan fingerprint density at radius 3 is 1.51 bits per heavy atom. The number of amides is 1. The average Bonchev–Trinajstić information content (AvgIpc) is 3.47. The van der Waals surface area contributed by atoms with Gasteiger partial charge in [-0.25, -0.2) is 0 Å². The third kappa shape index (κ3) is 42.8. The Kier molecular flexibility index (Phi) is 50.9. The lowest BCUT2D eigenvalue weighted by molar-refractivity contribution is -0.305. The maximum atomic E-state index is 13.4. The van der Waals surface area contributed by atoms with E-state index in [0.29, 0.717) is 12.8 Å². The van der Waals surface area contributed by atoms with Gasteiger partial charge in [-0.2, -0.15) is 0 Å². The Balaban J connectivity index is 2.57. The highest BCUT2D eigenvalue weighted by molar-refractivity contribution is 5.80. The van der Waals surface area contributed by atoms with E-state index in [9.17, 15) is 35.1 Å². The number of hydrogen-bond donors (Lipinski definition) is 6. The fourth-order valence-electron chi connectivity index (χ4n) is 9.27. The molecule has 0 radical (unpaired) electrons. The molecule has 1 aliphatic heterocycles. The van der Waals surface area contributed by atoms with Crippen LogP contribution in [0.15, 0.2) is 109 Å². The van der Waals surface area contributed by atoms with E-state index in [1.165, 1.54) is 77.0 Å². The van der Waals surface area contributed by atoms with Gasteiger partial charge in [-0.05, 0) is 89.9 Å². The number of hydrogen-bond acceptors (Lipinski definition) is 10. The first kappa shape index (κ1) is 73.3. The fraction of sp³-hybridized carbons (Fsp3) is 0.706. The number of carbonyl (C=O) groups excluding carboxylic acids is 2. The van der Waals surface area contributed by atoms with Crippen molar-refractivity contribution in [2.75, 3.05) is 13.2 Å². The zero-order valence-electron chi connectivity index (χ0n) is 50.0. The number of aliphatic hydroxyl groups is 5. The molecule has 11 heteroatoms. The number of esters is 1. The second-order valence-corrected chi connectivity index (χ2v) is 21.4. The largest absolute Gasteiger partial charge is 0.454 e. The summed E-state index contributed by atoms with van der Waals surface area (Å²) in [4.78, 5) is 26.5. The number of carbonyl (C=O) groups is 2. The summed E-state index contributed by atoms with van der Waals surface area (Å²) in [5.74, 6) is -1.23. The van der Waals surface area contributed by atoms with Crippen molar-refractivity contribution in [3.8, 4) is 0 Å². The Morgan fingerprint density at radius 2 is 0.975 bits per heavy atom. The maximum Gasteiger partial charge on any atom is 0.306 e. The van der Waals surface area contributed by atoms with E-state index in [2.05, 4.69) is 99.0 Å². The summed E-state index contributed by atoms with van der Waals surface area (Å²) in [7, 11) is 0. The topological polar surface area (TPSA) is 175 Å². The van der Waals surface area contributed by atoms with Crippen molar-refractivity contribution in [3.63, 3.8) is 0 Å². The van der Waals surface area contributed by atoms with Crippen LogP contribution < -0.4 is 5.32 Å². The molecule has 452 valence electrons. The normalized spacial score (nSPS) is 19.6. The quantitative estimate of drug-likeness (QED) is 0.0149. The van der Waals surface area contributed by atoms with Gasteiger partial charge in [0.15, 0.2) is 12.4 Å². The molecule has 1 aliphatic rings. The Hall–Kier alpha value is -3.68. The number of nitrogens with one attached hydrogen (secondary N) is 1. The van der Waals surface area contributed by atoms with Crippen molar-refractivity contribution in [2.45, 2.75) is 294 Å². The molecule has 6 N–H and O–H groups in total. The van der Waals surface area contributed by atoms with E-state index in [0.717, 1.165) is 122 Å². The predicted octanol–water partition coefficient (Wildman–Crippen LogP) is 15.3. The third-order valence-corrected chi connectivity index (χ3v) is 14.2. The summed E-state index contributed by atoms with van der Waals surface area (Å²) < 4.78 is 17.6. The molecule has 1 rings (SSSR count). The van der Waals surface area contributed by atoms with Crippen molar-refractivity contribution >= 4 is 11.9 Å². The molecule has 0 saturated carbocycles. The van der Waals surface area contributed by atoms with Gasteiger partial charge >= 0.3 is 5.97 Å². The summed E-state index contributed by atoms with van der Waals surface area (Å²) in [6.45, 7) is 5.50. The first-order valence-corrected chi connectivity index (χ1v) is 31.7. The molecule has 0 spiro atoms. The van der Waals surface area contributed by atoms with Crippen LogP contribution in [0.4, 0.5) is 0 Å². The Morgan fingerprint density at radius 1 is 0.519 bits per heavy atom. The molecule has 8 unspecified atom stereocenters. The monoisotopic (exact) mass is 1110 g/mol. The SMILES string of the molecule is CC/C=C\C/C=C\C/C=C\C/C=C\C/C=C\CCCCCCCCCCCCCC(=O)OC1C(OCC(NC(=O)C(O)CCCCCC\C=C/C=C/C=C/CC)C(O)/C=C/CCCCCCCCCCC)OC(CO)C(O)C1O. The molecule has 0 bridgehead atoms. The van der Waals surface area contributed by atoms with Crippen LogP contribution in [0.25, 0.3) is 0 Å². The van der Waals surface area contributed by atoms with Gasteiger partial charge in [0.05, 0.1) is 25.4 Å². The summed E-state index contributed by atoms with van der Waals surface area (Å²) in [5.41, 5.74) is 0. The Labute approximate surface area is 481 Å². The van der Waals surface area contributed by atoms with Crippen LogP contribution in [0.2, 0.25) is 0 Å². The molecule has 79 heavy (non-hydrogen) atoms. The van der Waals surface area contributed by atoms with Crippen molar-refractivity contribution < 1.29 is 49.3 Å². The number of unbranched alkanes of at least 4 members (excludes halogenated alkanes) is 24. The minimum absolute atomic E-state index is 0.111. The van der Waals surface area contributed by atoms with Gasteiger partial charge in [0, 0.05) is 6.42 Å². The van der Waals surface area contributed by atoms with Gasteiger partial charge in [0.1, 0.15) is 24.4 Å². The molecule has 11 nitrogen and oxygen atoms in total. The second-order valence-electron chi connectivity index (χ2n) is 21.4. The fourth-order valence-corrected chi connectivity index (χ4v) is 9.27. The van der Waals surface area contributed by atoms with Crippen molar-refractivity contribution in [3.05, 3.63) is 109 Å². The van der Waals surface area contributed by atoms with E-state index < -0.39 is 67.4 Å². The molecule has 0 aromatic rings. The minimum atomic E-state index is -1.62. The van der Waals surface area contributed by atoms with Crippen LogP contribution in [0.5, 0.6) is 0 Å². The molecule has 0 aliphatic carbocycles. The first-order chi connectivity index (χ1) is 38.7. The van der Waals surface area contributed by atoms with E-state index >= 15 is 0 Å². The van der Waals surface area contributed by atoms with Crippen molar-refractivity contribution in [2.24, 2.45) is 0 Å². The number of aliphatic hydroxyl groups excluding tert-OH is 5. The minimum Gasteiger partial charge on any atom is -0.454 e. The molecule has 8 atom stereocenters. The highest BCUT2D eigenvalue weighted by Gasteiger charge is 2.47. The van der Waals surface area contributed by atoms with E-state index in [1.807, 2.05) is 30.4 Å². The molecule has 1 saturated heterocycles. The van der Waals surface area contributed by atoms with Gasteiger partial charge in [0.2, 0.25) is 5.91 Å². The van der Waals surface area contributed by atoms with Crippen LogP contribution in [-0.4, -0.2) is 99.6 Å². The lowest BCUT2D eigenvalue weighted by atomic mass is 9.99. The summed E-state index contributed by atoms with van der Waals surface area (Å²) >= 11 is 0. The molecular weight excluding hydrogens is 991 g/mol. The smallest absolute Gasteiger partial charge is 0.306 e. The van der Waals surface area contributed by atoms with Crippen molar-refractivity contribution in [1.29, 1.82) is 0 Å². The summed E-state index contributed by atoms with van der Waals surface area (Å²) in [6, 6.07) is -1.04. The number of ether oxygens (including phenoxy) is 3. The molecule has 1 heterocycles. The van der Waals surface area contributed by atoms with Crippen molar-refractivity contribution in [1.82, 2.24) is 5.32 Å². The summed E-state index contributed by atoms with van der Waals surface area (Å²) in [5, 5.41) is 56.9. The standard InChI is InChI=1S/C68H115NO10/c1-4-7-10-13-16-19-22-24-25-26-27-28-29-30-31-32-33-34-35-36-37-38-41-44-47-50-53-56-63(73)79-66-65(75)64(74)62(57-70)78-68(66)77-58-59(60(71)54-51-48-45-42-39-21-18-15-12-9-6-3)69-67(76)61(72)55-52-49-46-43-40-23-20-17-14-11-8-5-2/h7-8,10-11,14,16-17,19-20,23-25,27-28,30-31,51,54,59-62,64-66,68,70-72,74-75H,4-6,9,12-13,15,18,21-22,26,29,32-50,52-53,55-58H2,1-3H3,(H,69,76)/b10-7-,11-8+,17-14+,19-16-,23-20-,25-24-,28-27-,31-30-,54-51+. The van der Waals surface area contributed by atoms with Gasteiger partial charge < -0.3 is 45.1 Å². The second kappa shape index (κ2) is 54.9. The molecule has 1 amide bonds. The highest BCUT2D eigenvalue weighted by Crippen LogP contribution is 2.26. The highest BCUT2D eigenvalue weighted by atomic mass is 16.7. The van der Waals surface area contributed by atoms with E-state index in [-0.39, 0.29) is 19.4 Å².